The van der Waals surface area contributed by atoms with E-state index >= 15 is 0 Å². The van der Waals surface area contributed by atoms with Crippen LogP contribution in [0.4, 0.5) is 0 Å². The van der Waals surface area contributed by atoms with Crippen LogP contribution in [0.5, 0.6) is 0 Å². The number of halogens is 1. The number of hydrogen-bond donors (Lipinski definition) is 4. The second kappa shape index (κ2) is 6.88. The SMILES string of the molecule is O=P(O)(O)CSc1nc2cc(-c3ccc(CO)cc3)c(Cl)cc2[nH]1. The van der Waals surface area contributed by atoms with Crippen molar-refractivity contribution in [2.45, 2.75) is 11.8 Å². The minimum Gasteiger partial charge on any atom is -0.392 e. The molecule has 6 nitrogen and oxygen atoms in total. The predicted octanol–water partition coefficient (Wildman–Crippen LogP) is 3.60. The van der Waals surface area contributed by atoms with Crippen LogP contribution in [0.3, 0.4) is 0 Å². The molecule has 3 rings (SSSR count). The van der Waals surface area contributed by atoms with Crippen LogP contribution >= 0.6 is 31.0 Å². The summed E-state index contributed by atoms with van der Waals surface area (Å²) in [6.45, 7) is -0.0213. The highest BCUT2D eigenvalue weighted by Crippen LogP contribution is 2.41. The van der Waals surface area contributed by atoms with Gasteiger partial charge in [-0.05, 0) is 23.3 Å². The molecule has 0 saturated carbocycles. The van der Waals surface area contributed by atoms with Crippen LogP contribution in [-0.4, -0.2) is 30.4 Å². The van der Waals surface area contributed by atoms with E-state index in [-0.39, 0.29) is 12.1 Å². The Bertz CT molecular complexity index is 923. The molecule has 0 bridgehead atoms. The van der Waals surface area contributed by atoms with Gasteiger partial charge in [-0.15, -0.1) is 0 Å². The zero-order valence-corrected chi connectivity index (χ0v) is 14.8. The lowest BCUT2D eigenvalue weighted by atomic mass is 10.0. The molecule has 0 radical (unpaired) electrons. The lowest BCUT2D eigenvalue weighted by Crippen LogP contribution is -1.84. The van der Waals surface area contributed by atoms with Crippen molar-refractivity contribution < 1.29 is 19.5 Å². The third-order valence-corrected chi connectivity index (χ3v) is 6.01. The van der Waals surface area contributed by atoms with E-state index in [1.165, 1.54) is 0 Å². The Kier molecular flexibility index (Phi) is 5.01. The molecule has 9 heteroatoms. The maximum atomic E-state index is 11.0. The maximum absolute atomic E-state index is 11.0. The summed E-state index contributed by atoms with van der Waals surface area (Å²) < 4.78 is 11.0. The van der Waals surface area contributed by atoms with Gasteiger partial charge in [0.2, 0.25) is 0 Å². The Hall–Kier alpha value is -1.34. The summed E-state index contributed by atoms with van der Waals surface area (Å²) >= 11 is 7.31. The summed E-state index contributed by atoms with van der Waals surface area (Å²) in [5.74, 6) is 0. The van der Waals surface area contributed by atoms with Crippen LogP contribution in [0.25, 0.3) is 22.2 Å². The molecule has 1 aromatic heterocycles. The molecule has 0 saturated heterocycles. The molecule has 0 unspecified atom stereocenters. The van der Waals surface area contributed by atoms with Crippen molar-refractivity contribution in [1.82, 2.24) is 9.97 Å². The van der Waals surface area contributed by atoms with Gasteiger partial charge in [-0.25, -0.2) is 4.98 Å². The lowest BCUT2D eigenvalue weighted by Gasteiger charge is -2.05. The van der Waals surface area contributed by atoms with Gasteiger partial charge in [-0.1, -0.05) is 47.6 Å². The normalized spacial score (nSPS) is 12.0. The number of imidazole rings is 1. The highest BCUT2D eigenvalue weighted by Gasteiger charge is 2.16. The average Bonchev–Trinajstić information content (AvgIpc) is 2.93. The molecule has 0 atom stereocenters. The Morgan fingerprint density at radius 1 is 1.21 bits per heavy atom. The lowest BCUT2D eigenvalue weighted by molar-refractivity contribution is 0.282. The summed E-state index contributed by atoms with van der Waals surface area (Å²) in [5, 5.41) is 10.1. The average molecular weight is 385 g/mol. The van der Waals surface area contributed by atoms with E-state index in [0.717, 1.165) is 28.5 Å². The molecule has 0 amide bonds. The first-order chi connectivity index (χ1) is 11.4. The Balaban J connectivity index is 1.95. The molecular formula is C15H14ClN2O4PS. The fraction of sp³-hybridized carbons (Fsp3) is 0.133. The number of rotatable bonds is 5. The van der Waals surface area contributed by atoms with E-state index in [1.807, 2.05) is 30.3 Å². The molecule has 24 heavy (non-hydrogen) atoms. The minimum atomic E-state index is -4.09. The van der Waals surface area contributed by atoms with Crippen LogP contribution < -0.4 is 0 Å². The third-order valence-electron chi connectivity index (χ3n) is 3.37. The van der Waals surface area contributed by atoms with Crippen molar-refractivity contribution in [2.75, 3.05) is 5.49 Å². The Morgan fingerprint density at radius 2 is 1.92 bits per heavy atom. The Labute approximate surface area is 147 Å². The number of H-pyrrole nitrogens is 1. The van der Waals surface area contributed by atoms with Crippen LogP contribution in [-0.2, 0) is 11.2 Å². The number of benzene rings is 2. The van der Waals surface area contributed by atoms with E-state index in [4.69, 9.17) is 26.5 Å². The molecule has 0 aliphatic heterocycles. The second-order valence-electron chi connectivity index (χ2n) is 5.18. The van der Waals surface area contributed by atoms with Gasteiger partial charge >= 0.3 is 7.60 Å². The molecule has 1 heterocycles. The number of nitrogens with one attached hydrogen (secondary N) is 1. The summed E-state index contributed by atoms with van der Waals surface area (Å²) in [6.07, 6.45) is 0. The zero-order chi connectivity index (χ0) is 17.3. The fourth-order valence-electron chi connectivity index (χ4n) is 2.23. The number of thioether (sulfide) groups is 1. The first-order valence-corrected chi connectivity index (χ1v) is 10.1. The number of aliphatic hydroxyl groups excluding tert-OH is 1. The van der Waals surface area contributed by atoms with Gasteiger partial charge in [-0.3, -0.25) is 4.57 Å². The van der Waals surface area contributed by atoms with Crippen molar-refractivity contribution in [1.29, 1.82) is 0 Å². The highest BCUT2D eigenvalue weighted by atomic mass is 35.5. The standard InChI is InChI=1S/C15H14ClN2O4PS/c16-12-6-14-13(17-15(18-14)24-8-23(20,21)22)5-11(12)10-3-1-9(7-19)2-4-10/h1-6,19H,7-8H2,(H,17,18)(H2,20,21,22). The van der Waals surface area contributed by atoms with Crippen molar-refractivity contribution >= 4 is 42.0 Å². The summed E-state index contributed by atoms with van der Waals surface area (Å²) in [5.41, 5.74) is 3.53. The first-order valence-electron chi connectivity index (χ1n) is 6.92. The van der Waals surface area contributed by atoms with E-state index in [0.29, 0.717) is 21.2 Å². The van der Waals surface area contributed by atoms with Gasteiger partial charge in [0.1, 0.15) is 5.49 Å². The van der Waals surface area contributed by atoms with Crippen molar-refractivity contribution in [3.05, 3.63) is 47.0 Å². The molecule has 3 aromatic rings. The van der Waals surface area contributed by atoms with Crippen molar-refractivity contribution in [3.8, 4) is 11.1 Å². The monoisotopic (exact) mass is 384 g/mol. The zero-order valence-electron chi connectivity index (χ0n) is 12.3. The van der Waals surface area contributed by atoms with Gasteiger partial charge in [0.05, 0.1) is 22.7 Å². The molecule has 0 aliphatic carbocycles. The molecule has 126 valence electrons. The quantitative estimate of drug-likeness (QED) is 0.395. The van der Waals surface area contributed by atoms with E-state index < -0.39 is 7.60 Å². The van der Waals surface area contributed by atoms with Crippen LogP contribution in [0.15, 0.2) is 41.6 Å². The number of nitrogens with zero attached hydrogens (tertiary/aromatic N) is 1. The first kappa shape index (κ1) is 17.5. The summed E-state index contributed by atoms with van der Waals surface area (Å²) in [6, 6.07) is 10.9. The number of aliphatic hydroxyl groups is 1. The van der Waals surface area contributed by atoms with Gasteiger partial charge in [0, 0.05) is 5.56 Å². The number of fused-ring (bicyclic) bond motifs is 1. The van der Waals surface area contributed by atoms with Crippen molar-refractivity contribution in [3.63, 3.8) is 0 Å². The van der Waals surface area contributed by atoms with Gasteiger partial charge in [0.15, 0.2) is 5.16 Å². The molecule has 4 N–H and O–H groups in total. The number of hydrogen-bond acceptors (Lipinski definition) is 4. The van der Waals surface area contributed by atoms with Crippen molar-refractivity contribution in [2.24, 2.45) is 0 Å². The summed E-state index contributed by atoms with van der Waals surface area (Å²) in [7, 11) is -4.09. The molecule has 0 fully saturated rings. The Morgan fingerprint density at radius 3 is 2.54 bits per heavy atom. The second-order valence-corrected chi connectivity index (χ2v) is 8.63. The number of aromatic nitrogens is 2. The molecular weight excluding hydrogens is 371 g/mol. The molecule has 0 spiro atoms. The van der Waals surface area contributed by atoms with Gasteiger partial charge < -0.3 is 19.9 Å². The molecule has 0 aliphatic rings. The molecule has 2 aromatic carbocycles. The highest BCUT2D eigenvalue weighted by molar-refractivity contribution is 8.04. The van der Waals surface area contributed by atoms with E-state index in [2.05, 4.69) is 9.97 Å². The topological polar surface area (TPSA) is 106 Å². The minimum absolute atomic E-state index is 0.0213. The van der Waals surface area contributed by atoms with Gasteiger partial charge in [-0.2, -0.15) is 0 Å². The largest absolute Gasteiger partial charge is 0.392 e. The van der Waals surface area contributed by atoms with Crippen LogP contribution in [0.2, 0.25) is 5.02 Å². The van der Waals surface area contributed by atoms with E-state index in [1.54, 1.807) is 6.07 Å². The maximum Gasteiger partial charge on any atom is 0.335 e. The van der Waals surface area contributed by atoms with Gasteiger partial charge in [0.25, 0.3) is 0 Å². The third kappa shape index (κ3) is 4.00. The van der Waals surface area contributed by atoms with E-state index in [9.17, 15) is 4.57 Å². The van der Waals surface area contributed by atoms with Crippen LogP contribution in [0, 0.1) is 0 Å². The smallest absolute Gasteiger partial charge is 0.335 e. The summed E-state index contributed by atoms with van der Waals surface area (Å²) in [4.78, 5) is 25.2. The number of aromatic amines is 1. The fourth-order valence-corrected chi connectivity index (χ4v) is 4.01. The van der Waals surface area contributed by atoms with Crippen LogP contribution in [0.1, 0.15) is 5.56 Å². The predicted molar refractivity (Wildman–Crippen MR) is 95.2 cm³/mol.